The summed E-state index contributed by atoms with van der Waals surface area (Å²) < 4.78 is 6.46. The Morgan fingerprint density at radius 2 is 2.29 bits per heavy atom. The molecule has 0 amide bonds. The zero-order chi connectivity index (χ0) is 13.0. The van der Waals surface area contributed by atoms with Gasteiger partial charge in [-0.05, 0) is 20.3 Å². The van der Waals surface area contributed by atoms with Gasteiger partial charge in [-0.2, -0.15) is 5.10 Å². The van der Waals surface area contributed by atoms with Crippen LogP contribution in [0.25, 0.3) is 0 Å². The predicted octanol–water partition coefficient (Wildman–Crippen LogP) is 1.47. The Kier molecular flexibility index (Phi) is 4.45. The second-order valence-corrected chi connectivity index (χ2v) is 3.99. The molecule has 1 heterocycles. The van der Waals surface area contributed by atoms with E-state index in [0.717, 1.165) is 6.42 Å². The van der Waals surface area contributed by atoms with Crippen LogP contribution in [-0.2, 0) is 11.8 Å². The fourth-order valence-electron chi connectivity index (χ4n) is 1.63. The van der Waals surface area contributed by atoms with Crippen molar-refractivity contribution in [1.82, 2.24) is 9.78 Å². The first-order valence-corrected chi connectivity index (χ1v) is 5.40. The number of nitrogens with one attached hydrogen (secondary N) is 1. The lowest BCUT2D eigenvalue weighted by Crippen LogP contribution is -2.19. The molecule has 0 saturated heterocycles. The van der Waals surface area contributed by atoms with Crippen LogP contribution in [0.2, 0.25) is 0 Å². The monoisotopic (exact) mass is 242 g/mol. The summed E-state index contributed by atoms with van der Waals surface area (Å²) in [6, 6.07) is 0.0865. The van der Waals surface area contributed by atoms with E-state index in [-0.39, 0.29) is 11.7 Å². The molecule has 1 unspecified atom stereocenters. The zero-order valence-corrected chi connectivity index (χ0v) is 10.6. The summed E-state index contributed by atoms with van der Waals surface area (Å²) in [5, 5.41) is 18.1. The highest BCUT2D eigenvalue weighted by molar-refractivity contribution is 5.59. The lowest BCUT2D eigenvalue weighted by Gasteiger charge is -2.13. The molecule has 0 aromatic carbocycles. The van der Waals surface area contributed by atoms with Crippen LogP contribution in [0.3, 0.4) is 0 Å². The summed E-state index contributed by atoms with van der Waals surface area (Å²) in [6.45, 7) is 4.19. The van der Waals surface area contributed by atoms with Gasteiger partial charge >= 0.3 is 5.69 Å². The summed E-state index contributed by atoms with van der Waals surface area (Å²) >= 11 is 0. The Labute approximate surface area is 99.9 Å². The highest BCUT2D eigenvalue weighted by Gasteiger charge is 2.24. The predicted molar refractivity (Wildman–Crippen MR) is 64.2 cm³/mol. The number of ether oxygens (including phenoxy) is 1. The number of rotatable bonds is 6. The fraction of sp³-hybridized carbons (Fsp3) is 0.700. The average Bonchev–Trinajstić information content (AvgIpc) is 2.51. The van der Waals surface area contributed by atoms with E-state index in [2.05, 4.69) is 10.4 Å². The van der Waals surface area contributed by atoms with Crippen molar-refractivity contribution < 1.29 is 9.66 Å². The van der Waals surface area contributed by atoms with Crippen molar-refractivity contribution in [3.05, 3.63) is 15.8 Å². The van der Waals surface area contributed by atoms with Gasteiger partial charge in [0.05, 0.1) is 4.92 Å². The molecule has 0 spiro atoms. The Hall–Kier alpha value is -1.63. The van der Waals surface area contributed by atoms with Crippen molar-refractivity contribution >= 4 is 11.5 Å². The van der Waals surface area contributed by atoms with Gasteiger partial charge in [0.2, 0.25) is 5.82 Å². The van der Waals surface area contributed by atoms with Crippen molar-refractivity contribution in [2.75, 3.05) is 19.0 Å². The molecule has 0 bridgehead atoms. The van der Waals surface area contributed by atoms with Crippen molar-refractivity contribution in [3.63, 3.8) is 0 Å². The SMILES string of the molecule is COCCC(C)Nc1c([N+](=O)[O-])c(C)nn1C. The molecular formula is C10H18N4O3. The number of aromatic nitrogens is 2. The minimum Gasteiger partial charge on any atom is -0.385 e. The van der Waals surface area contributed by atoms with Crippen molar-refractivity contribution in [2.24, 2.45) is 7.05 Å². The van der Waals surface area contributed by atoms with Gasteiger partial charge in [0.1, 0.15) is 5.69 Å². The maximum Gasteiger partial charge on any atom is 0.333 e. The molecule has 0 aliphatic heterocycles. The van der Waals surface area contributed by atoms with Crippen LogP contribution < -0.4 is 5.32 Å². The Balaban J connectivity index is 2.86. The number of nitro groups is 1. The summed E-state index contributed by atoms with van der Waals surface area (Å²) in [5.74, 6) is 0.441. The minimum atomic E-state index is -0.409. The summed E-state index contributed by atoms with van der Waals surface area (Å²) in [5.41, 5.74) is 0.454. The van der Waals surface area contributed by atoms with Gasteiger partial charge in [0.15, 0.2) is 0 Å². The quantitative estimate of drug-likeness (QED) is 0.603. The van der Waals surface area contributed by atoms with Crippen LogP contribution >= 0.6 is 0 Å². The van der Waals surface area contributed by atoms with Crippen molar-refractivity contribution in [3.8, 4) is 0 Å². The molecule has 1 N–H and O–H groups in total. The van der Waals surface area contributed by atoms with Gasteiger partial charge in [-0.1, -0.05) is 0 Å². The van der Waals surface area contributed by atoms with Crippen molar-refractivity contribution in [1.29, 1.82) is 0 Å². The molecule has 1 aromatic rings. The fourth-order valence-corrected chi connectivity index (χ4v) is 1.63. The maximum atomic E-state index is 10.9. The third kappa shape index (κ3) is 3.16. The van der Waals surface area contributed by atoms with Crippen LogP contribution in [0.4, 0.5) is 11.5 Å². The number of anilines is 1. The number of hydrogen-bond acceptors (Lipinski definition) is 5. The normalized spacial score (nSPS) is 12.5. The van der Waals surface area contributed by atoms with E-state index in [0.29, 0.717) is 18.1 Å². The Bertz CT molecular complexity index is 403. The molecular weight excluding hydrogens is 224 g/mol. The van der Waals surface area contributed by atoms with Gasteiger partial charge < -0.3 is 10.1 Å². The second kappa shape index (κ2) is 5.62. The van der Waals surface area contributed by atoms with Crippen LogP contribution in [0, 0.1) is 17.0 Å². The second-order valence-electron chi connectivity index (χ2n) is 3.99. The van der Waals surface area contributed by atoms with Gasteiger partial charge in [-0.25, -0.2) is 4.68 Å². The Morgan fingerprint density at radius 1 is 1.65 bits per heavy atom. The molecule has 1 aromatic heterocycles. The highest BCUT2D eigenvalue weighted by Crippen LogP contribution is 2.27. The smallest absolute Gasteiger partial charge is 0.333 e. The maximum absolute atomic E-state index is 10.9. The molecule has 0 fully saturated rings. The van der Waals surface area contributed by atoms with Gasteiger partial charge in [0.25, 0.3) is 0 Å². The first-order valence-electron chi connectivity index (χ1n) is 5.40. The van der Waals surface area contributed by atoms with Crippen LogP contribution in [0.5, 0.6) is 0 Å². The molecule has 0 aliphatic rings. The molecule has 0 radical (unpaired) electrons. The van der Waals surface area contributed by atoms with E-state index in [4.69, 9.17) is 4.74 Å². The largest absolute Gasteiger partial charge is 0.385 e. The molecule has 1 rings (SSSR count). The third-order valence-corrected chi connectivity index (χ3v) is 2.51. The van der Waals surface area contributed by atoms with E-state index in [1.54, 1.807) is 21.1 Å². The average molecular weight is 242 g/mol. The standard InChI is InChI=1S/C10H18N4O3/c1-7(5-6-17-4)11-10-9(14(15)16)8(2)12-13(10)3/h7,11H,5-6H2,1-4H3. The third-order valence-electron chi connectivity index (χ3n) is 2.51. The summed E-state index contributed by atoms with van der Waals surface area (Å²) in [6.07, 6.45) is 0.776. The van der Waals surface area contributed by atoms with Gasteiger partial charge in [0, 0.05) is 26.8 Å². The number of methoxy groups -OCH3 is 1. The zero-order valence-electron chi connectivity index (χ0n) is 10.6. The van der Waals surface area contributed by atoms with Gasteiger partial charge in [-0.15, -0.1) is 0 Å². The molecule has 7 heteroatoms. The van der Waals surface area contributed by atoms with E-state index >= 15 is 0 Å². The molecule has 0 saturated carbocycles. The lowest BCUT2D eigenvalue weighted by molar-refractivity contribution is -0.384. The number of hydrogen-bond donors (Lipinski definition) is 1. The number of aryl methyl sites for hydroxylation is 2. The summed E-state index contributed by atoms with van der Waals surface area (Å²) in [4.78, 5) is 10.5. The molecule has 17 heavy (non-hydrogen) atoms. The topological polar surface area (TPSA) is 82.2 Å². The Morgan fingerprint density at radius 3 is 2.82 bits per heavy atom. The van der Waals surface area contributed by atoms with E-state index in [1.165, 1.54) is 4.68 Å². The molecule has 96 valence electrons. The first-order chi connectivity index (χ1) is 7.97. The first kappa shape index (κ1) is 13.4. The van der Waals surface area contributed by atoms with E-state index in [9.17, 15) is 10.1 Å². The minimum absolute atomic E-state index is 0.0387. The molecule has 7 nitrogen and oxygen atoms in total. The van der Waals surface area contributed by atoms with Crippen LogP contribution in [0.15, 0.2) is 0 Å². The summed E-state index contributed by atoms with van der Waals surface area (Å²) in [7, 11) is 3.31. The molecule has 0 aliphatic carbocycles. The highest BCUT2D eigenvalue weighted by atomic mass is 16.6. The van der Waals surface area contributed by atoms with Crippen LogP contribution in [0.1, 0.15) is 19.0 Å². The van der Waals surface area contributed by atoms with Crippen molar-refractivity contribution in [2.45, 2.75) is 26.3 Å². The van der Waals surface area contributed by atoms with Crippen LogP contribution in [-0.4, -0.2) is 34.5 Å². The van der Waals surface area contributed by atoms with E-state index in [1.807, 2.05) is 6.92 Å². The number of nitrogens with zero attached hydrogens (tertiary/aromatic N) is 3. The van der Waals surface area contributed by atoms with E-state index < -0.39 is 4.92 Å². The lowest BCUT2D eigenvalue weighted by atomic mass is 10.2. The molecule has 1 atom stereocenters. The van der Waals surface area contributed by atoms with Gasteiger partial charge in [-0.3, -0.25) is 10.1 Å².